The molecule has 1 N–H and O–H groups in total. The molecular formula is C27H32N4O4S2. The van der Waals surface area contributed by atoms with Crippen LogP contribution in [0.1, 0.15) is 64.8 Å². The first-order valence-electron chi connectivity index (χ1n) is 12.3. The van der Waals surface area contributed by atoms with E-state index in [1.807, 2.05) is 16.7 Å². The molecule has 0 saturated heterocycles. The van der Waals surface area contributed by atoms with Crippen molar-refractivity contribution in [2.75, 3.05) is 18.2 Å². The quantitative estimate of drug-likeness (QED) is 0.191. The number of thioether (sulfide) groups is 1. The van der Waals surface area contributed by atoms with Gasteiger partial charge < -0.3 is 14.8 Å². The number of nitrogens with one attached hydrogen (secondary N) is 1. The average molecular weight is 541 g/mol. The first kappa shape index (κ1) is 26.9. The van der Waals surface area contributed by atoms with E-state index in [0.29, 0.717) is 34.0 Å². The van der Waals surface area contributed by atoms with Crippen molar-refractivity contribution in [1.82, 2.24) is 14.8 Å². The Kier molecular flexibility index (Phi) is 9.04. The van der Waals surface area contributed by atoms with Crippen LogP contribution in [0.15, 0.2) is 42.1 Å². The van der Waals surface area contributed by atoms with Gasteiger partial charge >= 0.3 is 5.97 Å². The molecule has 0 saturated carbocycles. The molecule has 2 aromatic heterocycles. The van der Waals surface area contributed by atoms with Crippen LogP contribution in [0, 0.1) is 0 Å². The van der Waals surface area contributed by atoms with Crippen LogP contribution < -0.4 is 10.1 Å². The number of methoxy groups -OCH3 is 1. The van der Waals surface area contributed by atoms with Crippen LogP contribution in [0.4, 0.5) is 5.00 Å². The van der Waals surface area contributed by atoms with Gasteiger partial charge in [-0.3, -0.25) is 9.36 Å². The Bertz CT molecular complexity index is 1260. The second-order valence-corrected chi connectivity index (χ2v) is 11.1. The van der Waals surface area contributed by atoms with E-state index < -0.39 is 5.97 Å². The second-order valence-electron chi connectivity index (χ2n) is 9.05. The summed E-state index contributed by atoms with van der Waals surface area (Å²) in [5, 5.41) is 12.6. The first-order valence-corrected chi connectivity index (χ1v) is 14.1. The molecule has 0 spiro atoms. The molecule has 196 valence electrons. The molecule has 37 heavy (non-hydrogen) atoms. The maximum absolute atomic E-state index is 12.8. The highest BCUT2D eigenvalue weighted by Gasteiger charge is 2.27. The molecule has 3 aromatic rings. The number of carbonyl (C=O) groups excluding carboxylic acids is 2. The number of ether oxygens (including phenoxy) is 2. The number of aryl methyl sites for hydroxylation is 1. The molecule has 1 aliphatic rings. The zero-order valence-electron chi connectivity index (χ0n) is 21.4. The van der Waals surface area contributed by atoms with Gasteiger partial charge in [0.15, 0.2) is 11.0 Å². The molecule has 0 aliphatic heterocycles. The lowest BCUT2D eigenvalue weighted by molar-refractivity contribution is -0.113. The van der Waals surface area contributed by atoms with E-state index in [9.17, 15) is 9.59 Å². The van der Waals surface area contributed by atoms with Gasteiger partial charge in [0.05, 0.1) is 18.4 Å². The van der Waals surface area contributed by atoms with Crippen molar-refractivity contribution in [1.29, 1.82) is 0 Å². The van der Waals surface area contributed by atoms with E-state index >= 15 is 0 Å². The number of anilines is 1. The Labute approximate surface area is 225 Å². The van der Waals surface area contributed by atoms with Crippen molar-refractivity contribution in [2.24, 2.45) is 0 Å². The van der Waals surface area contributed by atoms with Crippen molar-refractivity contribution in [2.45, 2.75) is 63.8 Å². The van der Waals surface area contributed by atoms with Crippen LogP contribution in [0.2, 0.25) is 0 Å². The standard InChI is InChI=1S/C27H32N4O4S2/c1-5-14-31-22(15-35-19-12-10-18(11-13-19)17(2)3)29-30-27(31)36-16-23(32)28-25-24(26(33)34-4)20-8-6-7-9-21(20)37-25/h5,10-13,17H,1,6-9,14-16H2,2-4H3,(H,28,32). The van der Waals surface area contributed by atoms with Crippen molar-refractivity contribution < 1.29 is 19.1 Å². The summed E-state index contributed by atoms with van der Waals surface area (Å²) in [6.07, 6.45) is 5.63. The van der Waals surface area contributed by atoms with Crippen LogP contribution in [-0.4, -0.2) is 39.5 Å². The molecule has 0 unspecified atom stereocenters. The highest BCUT2D eigenvalue weighted by Crippen LogP contribution is 2.38. The molecule has 0 fully saturated rings. The molecule has 4 rings (SSSR count). The number of fused-ring (bicyclic) bond motifs is 1. The number of carbonyl (C=O) groups is 2. The number of rotatable bonds is 11. The van der Waals surface area contributed by atoms with Gasteiger partial charge in [-0.15, -0.1) is 28.1 Å². The smallest absolute Gasteiger partial charge is 0.341 e. The SMILES string of the molecule is C=CCn1c(COc2ccc(C(C)C)cc2)nnc1SCC(=O)Nc1sc2c(c1C(=O)OC)CCCC2. The van der Waals surface area contributed by atoms with E-state index in [1.165, 1.54) is 35.8 Å². The number of hydrogen-bond donors (Lipinski definition) is 1. The number of aromatic nitrogens is 3. The summed E-state index contributed by atoms with van der Waals surface area (Å²) >= 11 is 2.75. The van der Waals surface area contributed by atoms with Crippen molar-refractivity contribution in [3.8, 4) is 5.75 Å². The summed E-state index contributed by atoms with van der Waals surface area (Å²) in [5.41, 5.74) is 2.76. The Morgan fingerprint density at radius 3 is 2.68 bits per heavy atom. The van der Waals surface area contributed by atoms with Crippen LogP contribution in [-0.2, 0) is 35.5 Å². The number of thiophene rings is 1. The highest BCUT2D eigenvalue weighted by atomic mass is 32.2. The average Bonchev–Trinajstić information content (AvgIpc) is 3.46. The van der Waals surface area contributed by atoms with Crippen molar-refractivity contribution in [3.05, 3.63) is 64.3 Å². The lowest BCUT2D eigenvalue weighted by Crippen LogP contribution is -2.17. The predicted molar refractivity (Wildman–Crippen MR) is 147 cm³/mol. The van der Waals surface area contributed by atoms with E-state index in [2.05, 4.69) is 48.1 Å². The number of hydrogen-bond acceptors (Lipinski definition) is 8. The molecule has 1 amide bonds. The van der Waals surface area contributed by atoms with E-state index in [-0.39, 0.29) is 18.3 Å². The lowest BCUT2D eigenvalue weighted by Gasteiger charge is -2.12. The fourth-order valence-electron chi connectivity index (χ4n) is 4.21. The second kappa shape index (κ2) is 12.4. The minimum Gasteiger partial charge on any atom is -0.486 e. The van der Waals surface area contributed by atoms with Gasteiger partial charge in [-0.05, 0) is 54.9 Å². The molecule has 10 heteroatoms. The molecule has 0 atom stereocenters. The third-order valence-electron chi connectivity index (χ3n) is 6.17. The summed E-state index contributed by atoms with van der Waals surface area (Å²) < 4.78 is 12.8. The predicted octanol–water partition coefficient (Wildman–Crippen LogP) is 5.62. The normalized spacial score (nSPS) is 12.8. The maximum atomic E-state index is 12.8. The molecule has 2 heterocycles. The van der Waals surface area contributed by atoms with Crippen LogP contribution in [0.3, 0.4) is 0 Å². The fourth-order valence-corrected chi connectivity index (χ4v) is 6.27. The van der Waals surface area contributed by atoms with E-state index in [1.54, 1.807) is 6.08 Å². The summed E-state index contributed by atoms with van der Waals surface area (Å²) in [5.74, 6) is 1.36. The Hall–Kier alpha value is -3.11. The zero-order valence-corrected chi connectivity index (χ0v) is 23.0. The number of allylic oxidation sites excluding steroid dienone is 1. The van der Waals surface area contributed by atoms with Gasteiger partial charge in [0.1, 0.15) is 17.4 Å². The molecule has 1 aromatic carbocycles. The van der Waals surface area contributed by atoms with E-state index in [0.717, 1.165) is 41.9 Å². The van der Waals surface area contributed by atoms with Crippen LogP contribution in [0.5, 0.6) is 5.75 Å². The highest BCUT2D eigenvalue weighted by molar-refractivity contribution is 7.99. The monoisotopic (exact) mass is 540 g/mol. The molecule has 0 bridgehead atoms. The summed E-state index contributed by atoms with van der Waals surface area (Å²) in [6.45, 7) is 8.87. The van der Waals surface area contributed by atoms with Gasteiger partial charge in [0, 0.05) is 11.4 Å². The minimum atomic E-state index is -0.406. The van der Waals surface area contributed by atoms with Crippen molar-refractivity contribution in [3.63, 3.8) is 0 Å². The van der Waals surface area contributed by atoms with Gasteiger partial charge in [-0.25, -0.2) is 4.79 Å². The zero-order chi connectivity index (χ0) is 26.4. The maximum Gasteiger partial charge on any atom is 0.341 e. The number of benzene rings is 1. The minimum absolute atomic E-state index is 0.121. The lowest BCUT2D eigenvalue weighted by atomic mass is 9.95. The first-order chi connectivity index (χ1) is 17.9. The molecule has 1 aliphatic carbocycles. The van der Waals surface area contributed by atoms with Crippen molar-refractivity contribution >= 4 is 40.0 Å². The number of esters is 1. The van der Waals surface area contributed by atoms with Crippen LogP contribution in [0.25, 0.3) is 0 Å². The summed E-state index contributed by atoms with van der Waals surface area (Å²) in [4.78, 5) is 26.4. The van der Waals surface area contributed by atoms with Gasteiger partial charge in [0.2, 0.25) is 5.91 Å². The fraction of sp³-hybridized carbons (Fsp3) is 0.407. The molecular weight excluding hydrogens is 508 g/mol. The van der Waals surface area contributed by atoms with E-state index in [4.69, 9.17) is 9.47 Å². The Morgan fingerprint density at radius 1 is 1.22 bits per heavy atom. The topological polar surface area (TPSA) is 95.3 Å². The van der Waals surface area contributed by atoms with Gasteiger partial charge in [-0.1, -0.05) is 43.8 Å². The summed E-state index contributed by atoms with van der Waals surface area (Å²) in [7, 11) is 1.37. The van der Waals surface area contributed by atoms with Gasteiger partial charge in [0.25, 0.3) is 0 Å². The summed E-state index contributed by atoms with van der Waals surface area (Å²) in [6, 6.07) is 8.02. The Morgan fingerprint density at radius 2 is 1.97 bits per heavy atom. The van der Waals surface area contributed by atoms with Gasteiger partial charge in [-0.2, -0.15) is 0 Å². The molecule has 0 radical (unpaired) electrons. The van der Waals surface area contributed by atoms with Crippen LogP contribution >= 0.6 is 23.1 Å². The third-order valence-corrected chi connectivity index (χ3v) is 8.34. The third kappa shape index (κ3) is 6.42. The number of amides is 1. The molecule has 8 nitrogen and oxygen atoms in total. The number of nitrogens with zero attached hydrogens (tertiary/aromatic N) is 3. The Balaban J connectivity index is 1.40. The largest absolute Gasteiger partial charge is 0.486 e.